The van der Waals surface area contributed by atoms with E-state index in [2.05, 4.69) is 10.3 Å². The van der Waals surface area contributed by atoms with Crippen LogP contribution in [-0.2, 0) is 9.53 Å². The molecule has 0 saturated carbocycles. The molecule has 2 rings (SSSR count). The summed E-state index contributed by atoms with van der Waals surface area (Å²) in [6.45, 7) is 1.28. The van der Waals surface area contributed by atoms with Crippen LogP contribution in [0.5, 0.6) is 0 Å². The van der Waals surface area contributed by atoms with Gasteiger partial charge in [0, 0.05) is 11.8 Å². The van der Waals surface area contributed by atoms with Gasteiger partial charge >= 0.3 is 5.97 Å². The van der Waals surface area contributed by atoms with E-state index < -0.39 is 18.5 Å². The summed E-state index contributed by atoms with van der Waals surface area (Å²) in [4.78, 5) is 27.1. The molecule has 0 spiro atoms. The van der Waals surface area contributed by atoms with E-state index in [9.17, 15) is 9.59 Å². The SMILES string of the molecule is Cc1ccoc1C(=O)OCC(=O)Nc1ccc(Cl)cn1. The Labute approximate surface area is 119 Å². The van der Waals surface area contributed by atoms with E-state index >= 15 is 0 Å². The number of furan rings is 1. The maximum absolute atomic E-state index is 11.6. The lowest BCUT2D eigenvalue weighted by Gasteiger charge is -2.05. The average molecular weight is 295 g/mol. The normalized spacial score (nSPS) is 10.1. The molecule has 2 heterocycles. The van der Waals surface area contributed by atoms with E-state index in [-0.39, 0.29) is 5.76 Å². The molecule has 2 aromatic rings. The van der Waals surface area contributed by atoms with Gasteiger partial charge in [-0.2, -0.15) is 0 Å². The number of nitrogens with zero attached hydrogens (tertiary/aromatic N) is 1. The second-order valence-electron chi connectivity index (χ2n) is 3.92. The van der Waals surface area contributed by atoms with Crippen molar-refractivity contribution < 1.29 is 18.7 Å². The van der Waals surface area contributed by atoms with Crippen LogP contribution in [0.1, 0.15) is 16.1 Å². The lowest BCUT2D eigenvalue weighted by molar-refractivity contribution is -0.119. The van der Waals surface area contributed by atoms with Crippen LogP contribution in [0.15, 0.2) is 35.1 Å². The Hall–Kier alpha value is -2.34. The first-order valence-electron chi connectivity index (χ1n) is 5.69. The Morgan fingerprint density at radius 3 is 2.80 bits per heavy atom. The minimum atomic E-state index is -0.688. The number of esters is 1. The van der Waals surface area contributed by atoms with Gasteiger partial charge in [-0.25, -0.2) is 9.78 Å². The summed E-state index contributed by atoms with van der Waals surface area (Å²) in [5, 5.41) is 2.93. The van der Waals surface area contributed by atoms with Crippen molar-refractivity contribution in [3.8, 4) is 0 Å². The molecule has 0 aliphatic heterocycles. The lowest BCUT2D eigenvalue weighted by atomic mass is 10.3. The van der Waals surface area contributed by atoms with Gasteiger partial charge in [0.25, 0.3) is 5.91 Å². The average Bonchev–Trinajstić information content (AvgIpc) is 2.85. The van der Waals surface area contributed by atoms with Crippen molar-refractivity contribution in [1.29, 1.82) is 0 Å². The van der Waals surface area contributed by atoms with Crippen LogP contribution < -0.4 is 5.32 Å². The molecule has 0 bridgehead atoms. The molecular weight excluding hydrogens is 284 g/mol. The van der Waals surface area contributed by atoms with Crippen LogP contribution in [0.3, 0.4) is 0 Å². The predicted molar refractivity (Wildman–Crippen MR) is 71.6 cm³/mol. The van der Waals surface area contributed by atoms with E-state index in [4.69, 9.17) is 20.8 Å². The third-order valence-corrected chi connectivity index (χ3v) is 2.60. The molecule has 0 unspecified atom stereocenters. The monoisotopic (exact) mass is 294 g/mol. The Kier molecular flexibility index (Phi) is 4.37. The minimum absolute atomic E-state index is 0.0856. The van der Waals surface area contributed by atoms with Gasteiger partial charge in [0.15, 0.2) is 6.61 Å². The summed E-state index contributed by atoms with van der Waals surface area (Å²) in [5.41, 5.74) is 0.648. The number of amides is 1. The highest BCUT2D eigenvalue weighted by molar-refractivity contribution is 6.30. The number of halogens is 1. The molecule has 2 aromatic heterocycles. The lowest BCUT2D eigenvalue weighted by Crippen LogP contribution is -2.21. The van der Waals surface area contributed by atoms with Gasteiger partial charge in [-0.15, -0.1) is 0 Å². The van der Waals surface area contributed by atoms with Crippen LogP contribution in [-0.4, -0.2) is 23.5 Å². The maximum Gasteiger partial charge on any atom is 0.375 e. The maximum atomic E-state index is 11.6. The summed E-state index contributed by atoms with van der Waals surface area (Å²) in [5.74, 6) is -0.781. The van der Waals surface area contributed by atoms with Crippen molar-refractivity contribution in [2.24, 2.45) is 0 Å². The molecule has 104 valence electrons. The topological polar surface area (TPSA) is 81.4 Å². The van der Waals surface area contributed by atoms with Gasteiger partial charge in [0.2, 0.25) is 5.76 Å². The fourth-order valence-electron chi connectivity index (χ4n) is 1.41. The molecule has 0 atom stereocenters. The molecule has 0 fully saturated rings. The molecule has 7 heteroatoms. The van der Waals surface area contributed by atoms with E-state index in [0.29, 0.717) is 16.4 Å². The van der Waals surface area contributed by atoms with Crippen LogP contribution >= 0.6 is 11.6 Å². The fraction of sp³-hybridized carbons (Fsp3) is 0.154. The summed E-state index contributed by atoms with van der Waals surface area (Å²) in [7, 11) is 0. The predicted octanol–water partition coefficient (Wildman–Crippen LogP) is 2.43. The smallest absolute Gasteiger partial charge is 0.375 e. The number of hydrogen-bond donors (Lipinski definition) is 1. The Morgan fingerprint density at radius 2 is 2.20 bits per heavy atom. The number of aryl methyl sites for hydroxylation is 1. The van der Waals surface area contributed by atoms with Gasteiger partial charge in [-0.1, -0.05) is 11.6 Å². The van der Waals surface area contributed by atoms with E-state index in [1.165, 1.54) is 12.5 Å². The number of pyridine rings is 1. The number of aromatic nitrogens is 1. The molecule has 0 aliphatic rings. The first-order chi connectivity index (χ1) is 9.56. The Balaban J connectivity index is 1.85. The molecule has 0 saturated heterocycles. The van der Waals surface area contributed by atoms with Gasteiger partial charge in [-0.05, 0) is 25.1 Å². The van der Waals surface area contributed by atoms with Crippen molar-refractivity contribution in [3.63, 3.8) is 0 Å². The number of hydrogen-bond acceptors (Lipinski definition) is 5. The largest absolute Gasteiger partial charge is 0.457 e. The van der Waals surface area contributed by atoms with Crippen molar-refractivity contribution in [2.45, 2.75) is 6.92 Å². The van der Waals surface area contributed by atoms with E-state index in [1.807, 2.05) is 0 Å². The van der Waals surface area contributed by atoms with E-state index in [1.54, 1.807) is 25.1 Å². The second kappa shape index (κ2) is 6.21. The Bertz CT molecular complexity index is 622. The number of carbonyl (C=O) groups is 2. The first-order valence-corrected chi connectivity index (χ1v) is 6.06. The second-order valence-corrected chi connectivity index (χ2v) is 4.36. The molecule has 20 heavy (non-hydrogen) atoms. The summed E-state index contributed by atoms with van der Waals surface area (Å²) >= 11 is 5.67. The fourth-order valence-corrected chi connectivity index (χ4v) is 1.52. The van der Waals surface area contributed by atoms with Crippen LogP contribution in [0, 0.1) is 6.92 Å². The third kappa shape index (κ3) is 3.58. The number of rotatable bonds is 4. The van der Waals surface area contributed by atoms with Crippen molar-refractivity contribution in [1.82, 2.24) is 4.98 Å². The summed E-state index contributed by atoms with van der Waals surface area (Å²) in [6, 6.07) is 4.76. The molecular formula is C13H11ClN2O4. The molecule has 0 aliphatic carbocycles. The van der Waals surface area contributed by atoms with Crippen LogP contribution in [0.25, 0.3) is 0 Å². The van der Waals surface area contributed by atoms with Gasteiger partial charge in [-0.3, -0.25) is 4.79 Å². The summed E-state index contributed by atoms with van der Waals surface area (Å²) in [6.07, 6.45) is 2.78. The first kappa shape index (κ1) is 14.1. The Morgan fingerprint density at radius 1 is 1.40 bits per heavy atom. The highest BCUT2D eigenvalue weighted by Gasteiger charge is 2.15. The zero-order valence-corrected chi connectivity index (χ0v) is 11.3. The van der Waals surface area contributed by atoms with Gasteiger partial charge < -0.3 is 14.5 Å². The van der Waals surface area contributed by atoms with Crippen LogP contribution in [0.4, 0.5) is 5.82 Å². The van der Waals surface area contributed by atoms with Gasteiger partial charge in [0.1, 0.15) is 5.82 Å². The van der Waals surface area contributed by atoms with Crippen LogP contribution in [0.2, 0.25) is 5.02 Å². The number of nitrogens with one attached hydrogen (secondary N) is 1. The van der Waals surface area contributed by atoms with Crippen molar-refractivity contribution >= 4 is 29.3 Å². The molecule has 0 radical (unpaired) electrons. The zero-order chi connectivity index (χ0) is 14.5. The quantitative estimate of drug-likeness (QED) is 0.876. The third-order valence-electron chi connectivity index (χ3n) is 2.38. The minimum Gasteiger partial charge on any atom is -0.457 e. The number of ether oxygens (including phenoxy) is 1. The highest BCUT2D eigenvalue weighted by Crippen LogP contribution is 2.11. The zero-order valence-electron chi connectivity index (χ0n) is 10.6. The molecule has 1 N–H and O–H groups in total. The molecule has 1 amide bonds. The summed E-state index contributed by atoms with van der Waals surface area (Å²) < 4.78 is 9.78. The number of carbonyl (C=O) groups excluding carboxylic acids is 2. The molecule has 0 aromatic carbocycles. The highest BCUT2D eigenvalue weighted by atomic mass is 35.5. The van der Waals surface area contributed by atoms with E-state index in [0.717, 1.165) is 0 Å². The van der Waals surface area contributed by atoms with Crippen molar-refractivity contribution in [2.75, 3.05) is 11.9 Å². The number of anilines is 1. The standard InChI is InChI=1S/C13H11ClN2O4/c1-8-4-5-19-12(8)13(18)20-7-11(17)16-10-3-2-9(14)6-15-10/h2-6H,7H2,1H3,(H,15,16,17). The van der Waals surface area contributed by atoms with Crippen molar-refractivity contribution in [3.05, 3.63) is 47.0 Å². The molecule has 6 nitrogen and oxygen atoms in total. The van der Waals surface area contributed by atoms with Gasteiger partial charge in [0.05, 0.1) is 11.3 Å².